The molecular weight excluding hydrogens is 512 g/mol. The van der Waals surface area contributed by atoms with Crippen LogP contribution in [0.25, 0.3) is 66.0 Å². The molecule has 200 valence electrons. The van der Waals surface area contributed by atoms with Crippen molar-refractivity contribution in [1.29, 1.82) is 0 Å². The average molecular weight is 539 g/mol. The number of anilines is 1. The number of fused-ring (bicyclic) bond motifs is 7. The minimum absolute atomic E-state index is 0.328. The van der Waals surface area contributed by atoms with Gasteiger partial charge in [0.1, 0.15) is 11.2 Å². The van der Waals surface area contributed by atoms with Gasteiger partial charge >= 0.3 is 11.3 Å². The van der Waals surface area contributed by atoms with Crippen molar-refractivity contribution < 1.29 is 8.83 Å². The molecule has 0 saturated carbocycles. The van der Waals surface area contributed by atoms with Crippen LogP contribution >= 0.6 is 0 Å². The van der Waals surface area contributed by atoms with E-state index in [1.54, 1.807) is 24.3 Å². The summed E-state index contributed by atoms with van der Waals surface area (Å²) < 4.78 is 11.7. The quantitative estimate of drug-likeness (QED) is 0.165. The molecule has 0 amide bonds. The van der Waals surface area contributed by atoms with Crippen LogP contribution in [-0.2, 0) is 0 Å². The Bertz CT molecular complexity index is 2240. The Hall–Kier alpha value is -5.23. The number of hydrogen-bond acceptors (Lipinski definition) is 6. The second-order valence-corrected chi connectivity index (χ2v) is 10.0. The van der Waals surface area contributed by atoms with Crippen molar-refractivity contribution in [1.82, 2.24) is 4.98 Å². The third kappa shape index (κ3) is 4.07. The lowest BCUT2D eigenvalue weighted by atomic mass is 9.97. The van der Waals surface area contributed by atoms with Gasteiger partial charge in [-0.1, -0.05) is 54.6 Å². The second-order valence-electron chi connectivity index (χ2n) is 10.0. The van der Waals surface area contributed by atoms with Crippen LogP contribution in [-0.4, -0.2) is 18.1 Å². The van der Waals surface area contributed by atoms with Crippen molar-refractivity contribution in [2.24, 2.45) is 0 Å². The van der Waals surface area contributed by atoms with Gasteiger partial charge in [-0.3, -0.25) is 0 Å². The van der Waals surface area contributed by atoms with Crippen molar-refractivity contribution in [3.05, 3.63) is 118 Å². The number of pyridine rings is 1. The fraction of sp³-hybridized carbons (Fsp3) is 0.114. The molecule has 6 heteroatoms. The zero-order valence-electron chi connectivity index (χ0n) is 22.7. The lowest BCUT2D eigenvalue weighted by Crippen LogP contribution is -2.21. The molecule has 0 radical (unpaired) electrons. The topological polar surface area (TPSA) is 76.6 Å². The highest BCUT2D eigenvalue weighted by atomic mass is 16.4. The average Bonchev–Trinajstić information content (AvgIpc) is 3.01. The maximum Gasteiger partial charge on any atom is 0.345 e. The van der Waals surface area contributed by atoms with Crippen LogP contribution in [0.1, 0.15) is 13.8 Å². The first kappa shape index (κ1) is 24.8. The highest BCUT2D eigenvalue weighted by Gasteiger charge is 2.17. The van der Waals surface area contributed by atoms with Gasteiger partial charge in [-0.15, -0.1) is 0 Å². The van der Waals surface area contributed by atoms with Crippen molar-refractivity contribution in [3.63, 3.8) is 0 Å². The number of benzene rings is 4. The summed E-state index contributed by atoms with van der Waals surface area (Å²) in [7, 11) is 0. The third-order valence-electron chi connectivity index (χ3n) is 7.78. The Labute approximate surface area is 235 Å². The minimum atomic E-state index is -0.489. The number of aromatic nitrogens is 1. The number of hydrogen-bond donors (Lipinski definition) is 0. The molecule has 6 nitrogen and oxygen atoms in total. The minimum Gasteiger partial charge on any atom is -0.422 e. The Kier molecular flexibility index (Phi) is 5.89. The van der Waals surface area contributed by atoms with Gasteiger partial charge in [-0.2, -0.15) is 0 Å². The summed E-state index contributed by atoms with van der Waals surface area (Å²) in [5.41, 5.74) is 2.60. The molecule has 0 aliphatic carbocycles. The molecule has 0 unspecified atom stereocenters. The zero-order valence-corrected chi connectivity index (χ0v) is 22.7. The van der Waals surface area contributed by atoms with Crippen molar-refractivity contribution in [3.8, 4) is 22.5 Å². The first-order valence-electron chi connectivity index (χ1n) is 13.7. The van der Waals surface area contributed by atoms with Gasteiger partial charge < -0.3 is 13.7 Å². The molecule has 41 heavy (non-hydrogen) atoms. The summed E-state index contributed by atoms with van der Waals surface area (Å²) in [5, 5.41) is 5.60. The lowest BCUT2D eigenvalue weighted by molar-refractivity contribution is 0.563. The smallest absolute Gasteiger partial charge is 0.345 e. The van der Waals surface area contributed by atoms with Crippen LogP contribution in [0.4, 0.5) is 5.69 Å². The summed E-state index contributed by atoms with van der Waals surface area (Å²) in [4.78, 5) is 33.4. The van der Waals surface area contributed by atoms with Crippen LogP contribution in [0.15, 0.2) is 115 Å². The maximum absolute atomic E-state index is 13.3. The predicted molar refractivity (Wildman–Crippen MR) is 166 cm³/mol. The monoisotopic (exact) mass is 538 g/mol. The summed E-state index contributed by atoms with van der Waals surface area (Å²) in [6.45, 7) is 5.89. The predicted octanol–water partition coefficient (Wildman–Crippen LogP) is 7.78. The largest absolute Gasteiger partial charge is 0.422 e. The van der Waals surface area contributed by atoms with E-state index in [9.17, 15) is 9.59 Å². The normalized spacial score (nSPS) is 11.6. The van der Waals surface area contributed by atoms with Crippen molar-refractivity contribution >= 4 is 49.2 Å². The Morgan fingerprint density at radius 2 is 1.20 bits per heavy atom. The molecule has 0 spiro atoms. The van der Waals surface area contributed by atoms with Gasteiger partial charge in [-0.05, 0) is 66.4 Å². The number of rotatable bonds is 5. The molecule has 7 rings (SSSR count). The Balaban J connectivity index is 1.38. The van der Waals surface area contributed by atoms with Crippen molar-refractivity contribution in [2.45, 2.75) is 13.8 Å². The van der Waals surface area contributed by atoms with Gasteiger partial charge in [0, 0.05) is 41.0 Å². The van der Waals surface area contributed by atoms with Crippen LogP contribution in [0.3, 0.4) is 0 Å². The third-order valence-corrected chi connectivity index (χ3v) is 7.78. The van der Waals surface area contributed by atoms with E-state index in [0.717, 1.165) is 51.1 Å². The standard InChI is InChI=1S/C35H26N2O4/c1-3-37(4-2)22-17-16-21-18-28(34(38)40-32(21)19-22)30-14-9-15-31(36-30)29-20-27-25-12-6-5-10-23(25)24-11-7-8-13-26(24)33(27)41-35(29)39/h5-20H,3-4H2,1-2H3. The molecule has 0 fully saturated rings. The first-order chi connectivity index (χ1) is 20.1. The van der Waals surface area contributed by atoms with Gasteiger partial charge in [0.15, 0.2) is 0 Å². The highest BCUT2D eigenvalue weighted by molar-refractivity contribution is 6.23. The molecule has 7 aromatic rings. The summed E-state index contributed by atoms with van der Waals surface area (Å²) in [6.07, 6.45) is 0. The molecule has 0 aliphatic rings. The van der Waals surface area contributed by atoms with Crippen LogP contribution < -0.4 is 16.2 Å². The molecule has 0 aliphatic heterocycles. The van der Waals surface area contributed by atoms with Gasteiger partial charge in [0.25, 0.3) is 0 Å². The molecule has 0 N–H and O–H groups in total. The van der Waals surface area contributed by atoms with Crippen molar-refractivity contribution in [2.75, 3.05) is 18.0 Å². The van der Waals surface area contributed by atoms with E-state index in [-0.39, 0.29) is 0 Å². The number of nitrogens with zero attached hydrogens (tertiary/aromatic N) is 2. The van der Waals surface area contributed by atoms with Crippen LogP contribution in [0.5, 0.6) is 0 Å². The Morgan fingerprint density at radius 3 is 1.88 bits per heavy atom. The first-order valence-corrected chi connectivity index (χ1v) is 13.7. The van der Waals surface area contributed by atoms with Gasteiger partial charge in [-0.25, -0.2) is 14.6 Å². The Morgan fingerprint density at radius 1 is 0.610 bits per heavy atom. The van der Waals surface area contributed by atoms with Gasteiger partial charge in [0.05, 0.1) is 22.5 Å². The fourth-order valence-corrected chi connectivity index (χ4v) is 5.72. The van der Waals surface area contributed by atoms with E-state index in [1.807, 2.05) is 66.7 Å². The van der Waals surface area contributed by atoms with E-state index in [2.05, 4.69) is 24.8 Å². The highest BCUT2D eigenvalue weighted by Crippen LogP contribution is 2.36. The second kappa shape index (κ2) is 9.75. The van der Waals surface area contributed by atoms with E-state index >= 15 is 0 Å². The molecule has 0 atom stereocenters. The van der Waals surface area contributed by atoms with E-state index in [4.69, 9.17) is 13.8 Å². The molecule has 3 heterocycles. The summed E-state index contributed by atoms with van der Waals surface area (Å²) in [6, 6.07) is 30.8. The molecular formula is C35H26N2O4. The molecule has 3 aromatic heterocycles. The van der Waals surface area contributed by atoms with E-state index < -0.39 is 11.3 Å². The molecule has 4 aromatic carbocycles. The van der Waals surface area contributed by atoms with Gasteiger partial charge in [0.2, 0.25) is 0 Å². The zero-order chi connectivity index (χ0) is 28.1. The van der Waals surface area contributed by atoms with E-state index in [0.29, 0.717) is 33.7 Å². The molecule has 0 bridgehead atoms. The fourth-order valence-electron chi connectivity index (χ4n) is 5.72. The lowest BCUT2D eigenvalue weighted by Gasteiger charge is -2.21. The SMILES string of the molecule is CCN(CC)c1ccc2cc(-c3cccc(-c4cc5c6ccccc6c6ccccc6c5oc4=O)n3)c(=O)oc2c1. The van der Waals surface area contributed by atoms with Crippen LogP contribution in [0.2, 0.25) is 0 Å². The maximum atomic E-state index is 13.3. The molecule has 0 saturated heterocycles. The van der Waals surface area contributed by atoms with E-state index in [1.165, 1.54) is 0 Å². The summed E-state index contributed by atoms with van der Waals surface area (Å²) in [5.74, 6) is 0. The van der Waals surface area contributed by atoms with Crippen LogP contribution in [0, 0.1) is 0 Å². The summed E-state index contributed by atoms with van der Waals surface area (Å²) >= 11 is 0.